The molecule has 11 heteroatoms. The molecule has 1 aromatic carbocycles. The predicted octanol–water partition coefficient (Wildman–Crippen LogP) is 2.75. The Hall–Kier alpha value is -3.31. The number of fused-ring (bicyclic) bond motifs is 1. The van der Waals surface area contributed by atoms with Crippen LogP contribution in [0.5, 0.6) is 17.2 Å². The average molecular weight is 485 g/mol. The van der Waals surface area contributed by atoms with E-state index < -0.39 is 0 Å². The first-order valence-corrected chi connectivity index (χ1v) is 12.0. The standard InChI is InChI=1S/C23H28N6O4S/c1-31-17-10-14(11-18(32-2)20(17)33-3)19-12-24-23(34-19)26-22-25-21(16-7-5-9-29(16)27-22)28-8-4-6-15(28)13-30/h5,7,9-12,15,23-24,30H,4,6,8,13H2,1-3H3,(H,26,27)/t15-,23?/m0/s1. The second kappa shape index (κ2) is 9.51. The molecule has 0 saturated carbocycles. The van der Waals surface area contributed by atoms with Gasteiger partial charge in [-0.15, -0.1) is 5.10 Å². The van der Waals surface area contributed by atoms with Crippen LogP contribution in [0.25, 0.3) is 10.4 Å². The lowest BCUT2D eigenvalue weighted by atomic mass is 10.1. The largest absolute Gasteiger partial charge is 0.493 e. The second-order valence-electron chi connectivity index (χ2n) is 8.00. The molecular formula is C23H28N6O4S. The smallest absolute Gasteiger partial charge is 0.245 e. The maximum Gasteiger partial charge on any atom is 0.245 e. The van der Waals surface area contributed by atoms with Crippen molar-refractivity contribution in [3.8, 4) is 17.2 Å². The number of aromatic nitrogens is 3. The van der Waals surface area contributed by atoms with Crippen molar-refractivity contribution in [1.82, 2.24) is 19.9 Å². The lowest BCUT2D eigenvalue weighted by molar-refractivity contribution is 0.266. The van der Waals surface area contributed by atoms with Crippen LogP contribution >= 0.6 is 11.8 Å². The summed E-state index contributed by atoms with van der Waals surface area (Å²) in [6, 6.07) is 7.88. The molecule has 2 aliphatic rings. The number of aliphatic hydroxyl groups excluding tert-OH is 1. The van der Waals surface area contributed by atoms with Crippen LogP contribution in [-0.2, 0) is 0 Å². The molecule has 0 radical (unpaired) electrons. The highest BCUT2D eigenvalue weighted by atomic mass is 32.2. The fourth-order valence-electron chi connectivity index (χ4n) is 4.40. The van der Waals surface area contributed by atoms with Crippen molar-refractivity contribution in [2.75, 3.05) is 44.7 Å². The van der Waals surface area contributed by atoms with Gasteiger partial charge >= 0.3 is 0 Å². The third kappa shape index (κ3) is 4.05. The van der Waals surface area contributed by atoms with Gasteiger partial charge in [0.2, 0.25) is 11.7 Å². The van der Waals surface area contributed by atoms with Crippen LogP contribution < -0.4 is 29.7 Å². The van der Waals surface area contributed by atoms with Crippen LogP contribution in [0.1, 0.15) is 18.4 Å². The summed E-state index contributed by atoms with van der Waals surface area (Å²) in [6.07, 6.45) is 5.84. The first-order chi connectivity index (χ1) is 16.6. The molecule has 0 bridgehead atoms. The highest BCUT2D eigenvalue weighted by Crippen LogP contribution is 2.43. The minimum absolute atomic E-state index is 0.0775. The highest BCUT2D eigenvalue weighted by Gasteiger charge is 2.28. The molecule has 2 aliphatic heterocycles. The van der Waals surface area contributed by atoms with Gasteiger partial charge in [0, 0.05) is 23.8 Å². The van der Waals surface area contributed by atoms with Gasteiger partial charge in [0.15, 0.2) is 22.8 Å². The van der Waals surface area contributed by atoms with E-state index in [0.717, 1.165) is 41.2 Å². The van der Waals surface area contributed by atoms with Crippen molar-refractivity contribution >= 4 is 33.9 Å². The molecule has 34 heavy (non-hydrogen) atoms. The lowest BCUT2D eigenvalue weighted by Crippen LogP contribution is -2.34. The number of hydrogen-bond acceptors (Lipinski definition) is 10. The first-order valence-electron chi connectivity index (χ1n) is 11.1. The molecule has 0 spiro atoms. The fraction of sp³-hybridized carbons (Fsp3) is 0.391. The number of nitrogens with one attached hydrogen (secondary N) is 2. The predicted molar refractivity (Wildman–Crippen MR) is 133 cm³/mol. The molecule has 4 heterocycles. The van der Waals surface area contributed by atoms with Gasteiger partial charge < -0.3 is 34.9 Å². The molecule has 1 unspecified atom stereocenters. The number of benzene rings is 1. The van der Waals surface area contributed by atoms with Gasteiger partial charge in [-0.2, -0.15) is 4.98 Å². The molecule has 1 saturated heterocycles. The van der Waals surface area contributed by atoms with Crippen molar-refractivity contribution in [2.24, 2.45) is 0 Å². The molecule has 10 nitrogen and oxygen atoms in total. The van der Waals surface area contributed by atoms with E-state index in [2.05, 4.69) is 20.6 Å². The van der Waals surface area contributed by atoms with E-state index in [1.165, 1.54) is 0 Å². The average Bonchev–Trinajstić information content (AvgIpc) is 3.63. The molecule has 2 aromatic heterocycles. The number of nitrogens with zero attached hydrogens (tertiary/aromatic N) is 4. The SMILES string of the molecule is COc1cc(C2=CNC(Nc3nc(N4CCC[C@H]4CO)c4cccn4n3)S2)cc(OC)c1OC. The Morgan fingerprint density at radius 2 is 2.00 bits per heavy atom. The van der Waals surface area contributed by atoms with E-state index >= 15 is 0 Å². The fourth-order valence-corrected chi connectivity index (χ4v) is 5.35. The molecule has 0 aliphatic carbocycles. The number of rotatable bonds is 8. The summed E-state index contributed by atoms with van der Waals surface area (Å²) >= 11 is 1.61. The molecule has 5 rings (SSSR count). The van der Waals surface area contributed by atoms with Crippen molar-refractivity contribution in [2.45, 2.75) is 24.4 Å². The van der Waals surface area contributed by atoms with Crippen LogP contribution in [0, 0.1) is 0 Å². The van der Waals surface area contributed by atoms with Crippen LogP contribution in [0.15, 0.2) is 36.7 Å². The minimum Gasteiger partial charge on any atom is -0.493 e. The van der Waals surface area contributed by atoms with Crippen LogP contribution in [0.3, 0.4) is 0 Å². The number of methoxy groups -OCH3 is 3. The maximum atomic E-state index is 9.81. The number of hydrogen-bond donors (Lipinski definition) is 3. The third-order valence-electron chi connectivity index (χ3n) is 6.05. The highest BCUT2D eigenvalue weighted by molar-refractivity contribution is 8.09. The van der Waals surface area contributed by atoms with E-state index in [4.69, 9.17) is 19.2 Å². The summed E-state index contributed by atoms with van der Waals surface area (Å²) in [5, 5.41) is 21.2. The quantitative estimate of drug-likeness (QED) is 0.442. The number of thioether (sulfide) groups is 1. The minimum atomic E-state index is -0.165. The maximum absolute atomic E-state index is 9.81. The molecule has 180 valence electrons. The van der Waals surface area contributed by atoms with Crippen LogP contribution in [-0.4, -0.2) is 65.7 Å². The zero-order valence-corrected chi connectivity index (χ0v) is 20.1. The Morgan fingerprint density at radius 1 is 1.21 bits per heavy atom. The molecule has 1 fully saturated rings. The van der Waals surface area contributed by atoms with Gasteiger partial charge in [0.25, 0.3) is 0 Å². The van der Waals surface area contributed by atoms with Gasteiger partial charge in [-0.1, -0.05) is 11.8 Å². The Kier molecular flexibility index (Phi) is 6.29. The summed E-state index contributed by atoms with van der Waals surface area (Å²) in [5.74, 6) is 3.10. The molecule has 2 atom stereocenters. The lowest BCUT2D eigenvalue weighted by Gasteiger charge is -2.25. The molecule has 0 amide bonds. The van der Waals surface area contributed by atoms with Crippen molar-refractivity contribution in [3.63, 3.8) is 0 Å². The first kappa shape index (κ1) is 22.5. The van der Waals surface area contributed by atoms with E-state index in [0.29, 0.717) is 23.2 Å². The normalized spacial score (nSPS) is 19.8. The van der Waals surface area contributed by atoms with E-state index in [-0.39, 0.29) is 18.1 Å². The van der Waals surface area contributed by atoms with Crippen molar-refractivity contribution in [1.29, 1.82) is 0 Å². The van der Waals surface area contributed by atoms with E-state index in [9.17, 15) is 5.11 Å². The Labute approximate surface area is 201 Å². The Balaban J connectivity index is 1.37. The van der Waals surface area contributed by atoms with Gasteiger partial charge in [-0.25, -0.2) is 4.52 Å². The van der Waals surface area contributed by atoms with E-state index in [1.807, 2.05) is 41.2 Å². The number of ether oxygens (including phenoxy) is 3. The third-order valence-corrected chi connectivity index (χ3v) is 7.15. The van der Waals surface area contributed by atoms with Gasteiger partial charge in [-0.05, 0) is 42.7 Å². The summed E-state index contributed by atoms with van der Waals surface area (Å²) < 4.78 is 18.2. The van der Waals surface area contributed by atoms with Gasteiger partial charge in [0.05, 0.1) is 34.0 Å². The van der Waals surface area contributed by atoms with Crippen molar-refractivity contribution < 1.29 is 19.3 Å². The molecule has 3 N–H and O–H groups in total. The monoisotopic (exact) mass is 484 g/mol. The second-order valence-corrected chi connectivity index (χ2v) is 9.15. The van der Waals surface area contributed by atoms with Gasteiger partial charge in [-0.3, -0.25) is 0 Å². The zero-order chi connectivity index (χ0) is 23.7. The van der Waals surface area contributed by atoms with Crippen LogP contribution in [0.4, 0.5) is 11.8 Å². The number of anilines is 2. The number of aliphatic hydroxyl groups is 1. The zero-order valence-electron chi connectivity index (χ0n) is 19.3. The van der Waals surface area contributed by atoms with Crippen molar-refractivity contribution in [3.05, 3.63) is 42.2 Å². The molecular weight excluding hydrogens is 456 g/mol. The summed E-state index contributed by atoms with van der Waals surface area (Å²) in [7, 11) is 4.80. The Bertz CT molecular complexity index is 1190. The van der Waals surface area contributed by atoms with Gasteiger partial charge in [0.1, 0.15) is 5.52 Å². The molecule has 3 aromatic rings. The van der Waals surface area contributed by atoms with E-state index in [1.54, 1.807) is 33.1 Å². The van der Waals surface area contributed by atoms with Crippen LogP contribution in [0.2, 0.25) is 0 Å². The Morgan fingerprint density at radius 3 is 2.71 bits per heavy atom. The topological polar surface area (TPSA) is 105 Å². The summed E-state index contributed by atoms with van der Waals surface area (Å²) in [6.45, 7) is 0.980. The summed E-state index contributed by atoms with van der Waals surface area (Å²) in [5.41, 5.74) is 1.71. The summed E-state index contributed by atoms with van der Waals surface area (Å²) in [4.78, 5) is 8.02.